The van der Waals surface area contributed by atoms with Gasteiger partial charge in [-0.1, -0.05) is 13.8 Å². The molecule has 0 aromatic heterocycles. The monoisotopic (exact) mass is 286 g/mol. The lowest BCUT2D eigenvalue weighted by Crippen LogP contribution is -2.39. The van der Waals surface area contributed by atoms with Crippen molar-refractivity contribution in [1.82, 2.24) is 15.5 Å². The summed E-state index contributed by atoms with van der Waals surface area (Å²) in [5.41, 5.74) is 0.178. The van der Waals surface area contributed by atoms with Gasteiger partial charge >= 0.3 is 0 Å². The molecule has 0 atom stereocenters. The molecular formula is C15H34N4O. The summed E-state index contributed by atoms with van der Waals surface area (Å²) < 4.78 is 5.33. The van der Waals surface area contributed by atoms with Crippen LogP contribution < -0.4 is 10.6 Å². The molecule has 5 heteroatoms. The van der Waals surface area contributed by atoms with Gasteiger partial charge in [0, 0.05) is 39.4 Å². The Hall–Kier alpha value is -0.810. The molecule has 0 aromatic rings. The third kappa shape index (κ3) is 11.1. The summed E-state index contributed by atoms with van der Waals surface area (Å²) >= 11 is 0. The van der Waals surface area contributed by atoms with Crippen molar-refractivity contribution in [1.29, 1.82) is 0 Å². The van der Waals surface area contributed by atoms with Crippen molar-refractivity contribution in [3.05, 3.63) is 0 Å². The summed E-state index contributed by atoms with van der Waals surface area (Å²) in [5.74, 6) is 0.899. The van der Waals surface area contributed by atoms with E-state index in [9.17, 15) is 0 Å². The maximum atomic E-state index is 5.33. The van der Waals surface area contributed by atoms with E-state index in [-0.39, 0.29) is 5.41 Å². The second-order valence-corrected chi connectivity index (χ2v) is 6.07. The normalized spacial score (nSPS) is 12.8. The fourth-order valence-electron chi connectivity index (χ4n) is 2.07. The number of nitrogens with one attached hydrogen (secondary N) is 2. The van der Waals surface area contributed by atoms with Crippen LogP contribution in [0.4, 0.5) is 0 Å². The van der Waals surface area contributed by atoms with Crippen LogP contribution >= 0.6 is 0 Å². The molecule has 0 radical (unpaired) electrons. The molecule has 0 spiro atoms. The van der Waals surface area contributed by atoms with Crippen LogP contribution in [-0.2, 0) is 4.74 Å². The first-order valence-electron chi connectivity index (χ1n) is 7.66. The Labute approximate surface area is 125 Å². The summed E-state index contributed by atoms with van der Waals surface area (Å²) in [6, 6.07) is 0. The van der Waals surface area contributed by atoms with Crippen LogP contribution in [-0.4, -0.2) is 64.3 Å². The van der Waals surface area contributed by atoms with Crippen LogP contribution in [0.3, 0.4) is 0 Å². The predicted octanol–water partition coefficient (Wildman–Crippen LogP) is 1.56. The van der Waals surface area contributed by atoms with Gasteiger partial charge in [-0.05, 0) is 39.8 Å². The van der Waals surface area contributed by atoms with Crippen LogP contribution in [0.25, 0.3) is 0 Å². The number of hydrogen-bond acceptors (Lipinski definition) is 3. The highest BCUT2D eigenvalue weighted by molar-refractivity contribution is 5.79. The SMILES string of the molecule is CCNC(=NCC(C)(C)CN(C)C)NCCCOCC. The summed E-state index contributed by atoms with van der Waals surface area (Å²) in [6.07, 6.45) is 0.999. The third-order valence-corrected chi connectivity index (χ3v) is 2.72. The van der Waals surface area contributed by atoms with Crippen molar-refractivity contribution in [2.24, 2.45) is 10.4 Å². The Balaban J connectivity index is 4.18. The summed E-state index contributed by atoms with van der Waals surface area (Å²) in [7, 11) is 4.20. The van der Waals surface area contributed by atoms with Gasteiger partial charge in [0.15, 0.2) is 5.96 Å². The van der Waals surface area contributed by atoms with Gasteiger partial charge < -0.3 is 20.3 Å². The molecule has 0 saturated heterocycles. The van der Waals surface area contributed by atoms with Gasteiger partial charge in [0.25, 0.3) is 0 Å². The molecule has 20 heavy (non-hydrogen) atoms. The topological polar surface area (TPSA) is 48.9 Å². The number of aliphatic imine (C=N–C) groups is 1. The molecule has 0 rings (SSSR count). The first-order chi connectivity index (χ1) is 9.41. The van der Waals surface area contributed by atoms with Gasteiger partial charge in [-0.3, -0.25) is 4.99 Å². The minimum atomic E-state index is 0.178. The smallest absolute Gasteiger partial charge is 0.191 e. The number of ether oxygens (including phenoxy) is 1. The molecule has 0 saturated carbocycles. The zero-order valence-electron chi connectivity index (χ0n) is 14.3. The first kappa shape index (κ1) is 19.2. The molecule has 0 amide bonds. The van der Waals surface area contributed by atoms with Crippen LogP contribution in [0.1, 0.15) is 34.1 Å². The van der Waals surface area contributed by atoms with Gasteiger partial charge in [-0.25, -0.2) is 0 Å². The molecule has 0 bridgehead atoms. The minimum absolute atomic E-state index is 0.178. The standard InChI is InChI=1S/C15H34N4O/c1-7-16-14(17-10-9-11-20-8-2)18-12-15(3,4)13-19(5)6/h7-13H2,1-6H3,(H2,16,17,18). The Bertz CT molecular complexity index is 265. The predicted molar refractivity (Wildman–Crippen MR) is 87.4 cm³/mol. The van der Waals surface area contributed by atoms with Crippen molar-refractivity contribution < 1.29 is 4.74 Å². The molecule has 5 nitrogen and oxygen atoms in total. The lowest BCUT2D eigenvalue weighted by molar-refractivity contribution is 0.145. The third-order valence-electron chi connectivity index (χ3n) is 2.72. The largest absolute Gasteiger partial charge is 0.382 e. The van der Waals surface area contributed by atoms with Crippen LogP contribution in [0.2, 0.25) is 0 Å². The van der Waals surface area contributed by atoms with Crippen LogP contribution in [0, 0.1) is 5.41 Å². The molecule has 0 heterocycles. The Morgan fingerprint density at radius 2 is 1.90 bits per heavy atom. The van der Waals surface area contributed by atoms with E-state index in [0.717, 1.165) is 51.8 Å². The van der Waals surface area contributed by atoms with E-state index < -0.39 is 0 Å². The number of hydrogen-bond donors (Lipinski definition) is 2. The molecule has 0 aliphatic carbocycles. The van der Waals surface area contributed by atoms with E-state index in [1.54, 1.807) is 0 Å². The Morgan fingerprint density at radius 1 is 1.20 bits per heavy atom. The quantitative estimate of drug-likeness (QED) is 0.363. The highest BCUT2D eigenvalue weighted by atomic mass is 16.5. The zero-order valence-corrected chi connectivity index (χ0v) is 14.3. The van der Waals surface area contributed by atoms with E-state index in [0.29, 0.717) is 0 Å². The second kappa shape index (κ2) is 10.9. The zero-order chi connectivity index (χ0) is 15.4. The lowest BCUT2D eigenvalue weighted by Gasteiger charge is -2.26. The van der Waals surface area contributed by atoms with Crippen molar-refractivity contribution >= 4 is 5.96 Å². The molecular weight excluding hydrogens is 252 g/mol. The summed E-state index contributed by atoms with van der Waals surface area (Å²) in [4.78, 5) is 6.89. The van der Waals surface area contributed by atoms with E-state index in [1.165, 1.54) is 0 Å². The molecule has 0 fully saturated rings. The van der Waals surface area contributed by atoms with E-state index in [1.807, 2.05) is 6.92 Å². The van der Waals surface area contributed by atoms with Crippen LogP contribution in [0.15, 0.2) is 4.99 Å². The fourth-order valence-corrected chi connectivity index (χ4v) is 2.07. The highest BCUT2D eigenvalue weighted by Crippen LogP contribution is 2.15. The van der Waals surface area contributed by atoms with Gasteiger partial charge in [-0.15, -0.1) is 0 Å². The summed E-state index contributed by atoms with van der Waals surface area (Å²) in [6.45, 7) is 13.8. The molecule has 2 N–H and O–H groups in total. The molecule has 0 aliphatic heterocycles. The number of guanidine groups is 1. The average Bonchev–Trinajstić information content (AvgIpc) is 2.34. The van der Waals surface area contributed by atoms with Gasteiger partial charge in [0.1, 0.15) is 0 Å². The molecule has 0 aliphatic rings. The number of rotatable bonds is 10. The van der Waals surface area contributed by atoms with Gasteiger partial charge in [-0.2, -0.15) is 0 Å². The van der Waals surface area contributed by atoms with E-state index in [4.69, 9.17) is 4.74 Å². The maximum absolute atomic E-state index is 5.33. The first-order valence-corrected chi connectivity index (χ1v) is 7.66. The number of nitrogens with zero attached hydrogens (tertiary/aromatic N) is 2. The van der Waals surface area contributed by atoms with Crippen molar-refractivity contribution in [2.75, 3.05) is 53.5 Å². The van der Waals surface area contributed by atoms with Crippen molar-refractivity contribution in [2.45, 2.75) is 34.1 Å². The van der Waals surface area contributed by atoms with Gasteiger partial charge in [0.05, 0.1) is 0 Å². The molecule has 0 aromatic carbocycles. The van der Waals surface area contributed by atoms with Crippen LogP contribution in [0.5, 0.6) is 0 Å². The summed E-state index contributed by atoms with van der Waals surface area (Å²) in [5, 5.41) is 6.63. The Kier molecular flexibility index (Phi) is 10.5. The van der Waals surface area contributed by atoms with Gasteiger partial charge in [0.2, 0.25) is 0 Å². The second-order valence-electron chi connectivity index (χ2n) is 6.07. The maximum Gasteiger partial charge on any atom is 0.191 e. The molecule has 120 valence electrons. The van der Waals surface area contributed by atoms with E-state index >= 15 is 0 Å². The minimum Gasteiger partial charge on any atom is -0.382 e. The molecule has 0 unspecified atom stereocenters. The fraction of sp³-hybridized carbons (Fsp3) is 0.933. The lowest BCUT2D eigenvalue weighted by atomic mass is 9.93. The highest BCUT2D eigenvalue weighted by Gasteiger charge is 2.18. The van der Waals surface area contributed by atoms with Crippen molar-refractivity contribution in [3.63, 3.8) is 0 Å². The Morgan fingerprint density at radius 3 is 2.45 bits per heavy atom. The van der Waals surface area contributed by atoms with E-state index in [2.05, 4.69) is 55.4 Å². The van der Waals surface area contributed by atoms with Crippen molar-refractivity contribution in [3.8, 4) is 0 Å². The average molecular weight is 286 g/mol.